The first kappa shape index (κ1) is 48.3. The van der Waals surface area contributed by atoms with E-state index in [1.165, 1.54) is 12.1 Å². The predicted molar refractivity (Wildman–Crippen MR) is 249 cm³/mol. The van der Waals surface area contributed by atoms with Crippen LogP contribution in [-0.4, -0.2) is 78.2 Å². The lowest BCUT2D eigenvalue weighted by atomic mass is 9.83. The van der Waals surface area contributed by atoms with E-state index in [4.69, 9.17) is 5.73 Å². The molecule has 6 atom stereocenters. The number of halogens is 1. The summed E-state index contributed by atoms with van der Waals surface area (Å²) in [5.74, 6) is -4.97. The number of nitrogens with one attached hydrogen (secondary N) is 4. The summed E-state index contributed by atoms with van der Waals surface area (Å²) < 4.78 is 13.3. The van der Waals surface area contributed by atoms with E-state index in [0.717, 1.165) is 33.7 Å². The second kappa shape index (κ2) is 23.6. The average Bonchev–Trinajstić information content (AvgIpc) is 3.30. The number of benzene rings is 4. The van der Waals surface area contributed by atoms with Gasteiger partial charge in [0, 0.05) is 37.1 Å². The second-order valence-corrected chi connectivity index (χ2v) is 17.7. The summed E-state index contributed by atoms with van der Waals surface area (Å²) in [7, 11) is 0. The number of hydrogen-bond acceptors (Lipinski definition) is 8. The van der Waals surface area contributed by atoms with Crippen molar-refractivity contribution >= 4 is 58.1 Å². The number of aromatic hydroxyl groups is 1. The molecule has 2 unspecified atom stereocenters. The van der Waals surface area contributed by atoms with E-state index in [0.29, 0.717) is 50.8 Å². The van der Waals surface area contributed by atoms with Crippen molar-refractivity contribution in [1.82, 2.24) is 21.3 Å². The topological polar surface area (TPSA) is 197 Å². The number of amides is 4. The largest absolute Gasteiger partial charge is 0.508 e. The number of rotatable bonds is 23. The van der Waals surface area contributed by atoms with Crippen LogP contribution in [0, 0.1) is 23.7 Å². The molecule has 2 aliphatic rings. The maximum Gasteiger partial charge on any atom is 0.254 e. The number of ketones is 2. The maximum atomic E-state index is 14.8. The van der Waals surface area contributed by atoms with Gasteiger partial charge in [-0.25, -0.2) is 4.39 Å². The van der Waals surface area contributed by atoms with Gasteiger partial charge in [-0.05, 0) is 122 Å². The fraction of sp³-hybridized carbons (Fsp3) is 0.423. The number of phenolic OH excluding ortho intramolecular Hbond substituents is 1. The molecule has 4 aromatic carbocycles. The van der Waals surface area contributed by atoms with E-state index in [-0.39, 0.29) is 74.3 Å². The van der Waals surface area contributed by atoms with Gasteiger partial charge in [0.15, 0.2) is 17.7 Å². The molecule has 1 fully saturated rings. The van der Waals surface area contributed by atoms with E-state index in [2.05, 4.69) is 33.4 Å². The van der Waals surface area contributed by atoms with Crippen LogP contribution in [0.2, 0.25) is 0 Å². The smallest absolute Gasteiger partial charge is 0.254 e. The predicted octanol–water partition coefficient (Wildman–Crippen LogP) is 4.25. The van der Waals surface area contributed by atoms with Crippen molar-refractivity contribution in [3.8, 4) is 5.75 Å². The SMILES string of the molecule is CC(F)C(=O)NCCCC[C@H](CC(=O)[C@H](Cc1ccc(O)cc1)NC(=O)[C@H](CC(=O)[C@@H](Cc1ccc2ccccc2c1)NC(=O)C1CCNCC1)CC1C=c2ccccc2=CC1)C(N)=O. The van der Waals surface area contributed by atoms with Gasteiger partial charge < -0.3 is 32.1 Å². The van der Waals surface area contributed by atoms with Crippen molar-refractivity contribution in [2.24, 2.45) is 29.4 Å². The van der Waals surface area contributed by atoms with Gasteiger partial charge in [0.25, 0.3) is 5.91 Å². The van der Waals surface area contributed by atoms with Crippen LogP contribution in [0.25, 0.3) is 22.9 Å². The lowest BCUT2D eigenvalue weighted by Gasteiger charge is -2.28. The Morgan fingerprint density at radius 2 is 1.38 bits per heavy atom. The Bertz CT molecular complexity index is 2430. The number of hydrogen-bond donors (Lipinski definition) is 6. The summed E-state index contributed by atoms with van der Waals surface area (Å²) >= 11 is 0. The van der Waals surface area contributed by atoms with Gasteiger partial charge in [0.2, 0.25) is 17.7 Å². The van der Waals surface area contributed by atoms with Crippen LogP contribution in [0.1, 0.15) is 75.8 Å². The molecular weight excluding hydrogens is 826 g/mol. The first-order chi connectivity index (χ1) is 31.3. The molecule has 65 heavy (non-hydrogen) atoms. The molecule has 12 nitrogen and oxygen atoms in total. The molecule has 1 aliphatic heterocycles. The van der Waals surface area contributed by atoms with E-state index in [1.807, 2.05) is 66.7 Å². The highest BCUT2D eigenvalue weighted by atomic mass is 19.1. The standard InChI is InChI=1S/C52H62FN5O7/c1-33(53)50(63)56-23-7-6-12-42(49(54)62)31-47(60)45(29-34-15-19-44(59)20-16-34)58-52(65)43(28-35-13-17-37-8-2-4-10-40(37)26-35)32-48(61)46(57-51(64)39-21-24-55-25-22-39)30-36-14-18-38-9-3-5-11-41(38)27-36/h2-5,8-11,14-20,26-27,33,35,39,42-43,45-46,55,59H,6-7,12-13,21-25,28-32H2,1H3,(H2,54,62)(H,56,63)(H,57,64)(H,58,65)/t33?,35?,42-,43+,45+,46-/m1/s1. The first-order valence-corrected chi connectivity index (χ1v) is 22.9. The Morgan fingerprint density at radius 3 is 2.09 bits per heavy atom. The van der Waals surface area contributed by atoms with Crippen molar-refractivity contribution in [3.63, 3.8) is 0 Å². The van der Waals surface area contributed by atoms with Gasteiger partial charge in [0.1, 0.15) is 5.75 Å². The lowest BCUT2D eigenvalue weighted by molar-refractivity contribution is -0.135. The molecule has 0 aromatic heterocycles. The molecule has 6 rings (SSSR count). The minimum absolute atomic E-state index is 0.0257. The molecule has 0 spiro atoms. The van der Waals surface area contributed by atoms with Crippen molar-refractivity contribution in [2.45, 2.75) is 95.8 Å². The van der Waals surface area contributed by atoms with E-state index >= 15 is 0 Å². The molecular formula is C52H62FN5O7. The number of phenols is 1. The molecule has 344 valence electrons. The number of carbonyl (C=O) groups excluding carboxylic acids is 6. The molecule has 13 heteroatoms. The highest BCUT2D eigenvalue weighted by molar-refractivity contribution is 5.96. The maximum absolute atomic E-state index is 14.8. The summed E-state index contributed by atoms with van der Waals surface area (Å²) in [5.41, 5.74) is 7.30. The van der Waals surface area contributed by atoms with Gasteiger partial charge in [-0.1, -0.05) is 97.4 Å². The monoisotopic (exact) mass is 887 g/mol. The van der Waals surface area contributed by atoms with Gasteiger partial charge in [0.05, 0.1) is 12.1 Å². The number of carbonyl (C=O) groups is 6. The zero-order chi connectivity index (χ0) is 46.3. The molecule has 1 heterocycles. The minimum Gasteiger partial charge on any atom is -0.508 e. The summed E-state index contributed by atoms with van der Waals surface area (Å²) in [5, 5.41) is 26.0. The van der Waals surface area contributed by atoms with Crippen LogP contribution < -0.4 is 37.4 Å². The van der Waals surface area contributed by atoms with Crippen LogP contribution in [-0.2, 0) is 41.6 Å². The quantitative estimate of drug-likeness (QED) is 0.0595. The molecule has 4 aromatic rings. The number of fused-ring (bicyclic) bond motifs is 2. The molecule has 0 radical (unpaired) electrons. The Labute approximate surface area is 379 Å². The van der Waals surface area contributed by atoms with Crippen LogP contribution in [0.15, 0.2) is 91.0 Å². The fourth-order valence-electron chi connectivity index (χ4n) is 8.87. The van der Waals surface area contributed by atoms with Gasteiger partial charge >= 0.3 is 0 Å². The first-order valence-electron chi connectivity index (χ1n) is 22.9. The Morgan fingerprint density at radius 1 is 0.754 bits per heavy atom. The number of Topliss-reactive ketones (excluding diaryl/α,β-unsaturated/α-hetero) is 2. The highest BCUT2D eigenvalue weighted by Crippen LogP contribution is 2.26. The minimum atomic E-state index is -1.65. The van der Waals surface area contributed by atoms with Gasteiger partial charge in [-0.15, -0.1) is 0 Å². The summed E-state index contributed by atoms with van der Waals surface area (Å²) in [6.45, 7) is 2.74. The number of nitrogens with two attached hydrogens (primary N) is 1. The van der Waals surface area contributed by atoms with Crippen molar-refractivity contribution in [3.05, 3.63) is 113 Å². The number of piperidine rings is 1. The lowest BCUT2D eigenvalue weighted by Crippen LogP contribution is -2.49. The second-order valence-electron chi connectivity index (χ2n) is 17.7. The number of alkyl halides is 1. The van der Waals surface area contributed by atoms with Crippen molar-refractivity contribution < 1.29 is 38.3 Å². The van der Waals surface area contributed by atoms with Crippen LogP contribution in [0.4, 0.5) is 4.39 Å². The normalized spacial score (nSPS) is 17.2. The van der Waals surface area contributed by atoms with Crippen LogP contribution >= 0.6 is 0 Å². The average molecular weight is 888 g/mol. The summed E-state index contributed by atoms with van der Waals surface area (Å²) in [6.07, 6.45) is 5.68. The third-order valence-corrected chi connectivity index (χ3v) is 12.7. The zero-order valence-electron chi connectivity index (χ0n) is 37.1. The highest BCUT2D eigenvalue weighted by Gasteiger charge is 2.34. The zero-order valence-corrected chi connectivity index (χ0v) is 37.1. The Hall–Kier alpha value is -6.21. The molecule has 4 amide bonds. The van der Waals surface area contributed by atoms with Gasteiger partial charge in [-0.2, -0.15) is 0 Å². The molecule has 1 saturated heterocycles. The Kier molecular flexibility index (Phi) is 17.5. The van der Waals surface area contributed by atoms with Crippen LogP contribution in [0.3, 0.4) is 0 Å². The molecule has 7 N–H and O–H groups in total. The third-order valence-electron chi connectivity index (χ3n) is 12.7. The molecule has 0 bridgehead atoms. The fourth-order valence-corrected chi connectivity index (χ4v) is 8.87. The van der Waals surface area contributed by atoms with Gasteiger partial charge in [-0.3, -0.25) is 28.8 Å². The van der Waals surface area contributed by atoms with E-state index in [1.54, 1.807) is 12.1 Å². The molecule has 1 aliphatic carbocycles. The van der Waals surface area contributed by atoms with Crippen molar-refractivity contribution in [1.29, 1.82) is 0 Å². The summed E-state index contributed by atoms with van der Waals surface area (Å²) in [6, 6.07) is 26.1. The van der Waals surface area contributed by atoms with E-state index in [9.17, 15) is 38.3 Å². The molecule has 0 saturated carbocycles. The number of primary amides is 1. The summed E-state index contributed by atoms with van der Waals surface area (Å²) in [4.78, 5) is 81.9. The van der Waals surface area contributed by atoms with Crippen molar-refractivity contribution in [2.75, 3.05) is 19.6 Å². The Balaban J connectivity index is 1.26. The third kappa shape index (κ3) is 14.4. The number of unbranched alkanes of at least 4 members (excludes halogenated alkanes) is 1. The van der Waals surface area contributed by atoms with E-state index < -0.39 is 53.6 Å². The van der Waals surface area contributed by atoms with Crippen LogP contribution in [0.5, 0.6) is 5.75 Å².